The van der Waals surface area contributed by atoms with E-state index in [1.807, 2.05) is 45.0 Å². The second-order valence-electron chi connectivity index (χ2n) is 23.1. The number of hydrazone groups is 1. The first kappa shape index (κ1) is 65.5. The molecule has 84 heavy (non-hydrogen) atoms. The van der Waals surface area contributed by atoms with Gasteiger partial charge in [0.2, 0.25) is 17.7 Å². The van der Waals surface area contributed by atoms with Gasteiger partial charge in [-0.25, -0.2) is 15.0 Å². The molecule has 4 heterocycles. The summed E-state index contributed by atoms with van der Waals surface area (Å²) in [6.07, 6.45) is 8.42. The number of imide groups is 1. The van der Waals surface area contributed by atoms with Gasteiger partial charge in [-0.05, 0) is 102 Å². The van der Waals surface area contributed by atoms with Crippen molar-refractivity contribution in [3.05, 3.63) is 93.6 Å². The fourth-order valence-corrected chi connectivity index (χ4v) is 13.8. The van der Waals surface area contributed by atoms with Crippen LogP contribution in [-0.4, -0.2) is 155 Å². The van der Waals surface area contributed by atoms with Crippen LogP contribution in [-0.2, 0) is 71.8 Å². The summed E-state index contributed by atoms with van der Waals surface area (Å²) in [5.41, 5.74) is 5.33. The molecule has 0 radical (unpaired) electrons. The number of anilines is 1. The number of esters is 1. The Balaban J connectivity index is 0.919. The van der Waals surface area contributed by atoms with Gasteiger partial charge in [0.05, 0.1) is 31.0 Å². The lowest BCUT2D eigenvalue weighted by atomic mass is 9.83. The topological polar surface area (TPSA) is 252 Å². The van der Waals surface area contributed by atoms with Crippen LogP contribution in [0.5, 0.6) is 5.75 Å². The van der Waals surface area contributed by atoms with E-state index in [4.69, 9.17) is 35.3 Å². The predicted octanol–water partition coefficient (Wildman–Crippen LogP) is 7.91. The van der Waals surface area contributed by atoms with Crippen molar-refractivity contribution < 1.29 is 67.1 Å². The highest BCUT2D eigenvalue weighted by atomic mass is 35.5. The first-order chi connectivity index (χ1) is 39.8. The van der Waals surface area contributed by atoms with E-state index < -0.39 is 70.4 Å². The summed E-state index contributed by atoms with van der Waals surface area (Å²) in [4.78, 5) is 109. The number of aryl methyl sites for hydroxylation is 1. The Morgan fingerprint density at radius 2 is 1.79 bits per heavy atom. The number of ether oxygens (including phenoxy) is 5. The lowest BCUT2D eigenvalue weighted by molar-refractivity contribution is -0.162. The Bertz CT molecular complexity index is 2970. The van der Waals surface area contributed by atoms with E-state index in [1.54, 1.807) is 45.2 Å². The number of Topliss-reactive ketones (excluding diaryl/α,β-unsaturated/α-hetero) is 1. The van der Waals surface area contributed by atoms with E-state index in [2.05, 4.69) is 15.8 Å². The zero-order valence-electron chi connectivity index (χ0n) is 49.6. The third kappa shape index (κ3) is 16.5. The van der Waals surface area contributed by atoms with Crippen molar-refractivity contribution in [2.75, 3.05) is 45.5 Å². The van der Waals surface area contributed by atoms with Crippen LogP contribution in [0, 0.1) is 5.92 Å². The number of halogens is 1. The number of carbonyl (C=O) groups excluding carboxylic acids is 8. The molecule has 5 aliphatic rings. The van der Waals surface area contributed by atoms with Crippen LogP contribution in [0.2, 0.25) is 5.02 Å². The Kier molecular flexibility index (Phi) is 22.2. The van der Waals surface area contributed by atoms with Crippen molar-refractivity contribution in [1.82, 2.24) is 20.5 Å². The molecule has 0 unspecified atom stereocenters. The number of nitrogens with one attached hydrogen (secondary N) is 2. The number of hydrogen-bond acceptors (Lipinski definition) is 17. The minimum absolute atomic E-state index is 0.0646. The molecule has 0 aromatic heterocycles. The Hall–Kier alpha value is -6.04. The highest BCUT2D eigenvalue weighted by molar-refractivity contribution is 8.77. The van der Waals surface area contributed by atoms with Crippen LogP contribution in [0.1, 0.15) is 128 Å². The Labute approximate surface area is 504 Å². The summed E-state index contributed by atoms with van der Waals surface area (Å²) in [6, 6.07) is 8.41. The van der Waals surface area contributed by atoms with E-state index in [0.717, 1.165) is 52.8 Å². The number of hydrogen-bond donors (Lipinski definition) is 3. The SMILES string of the molecule is COc1cc2cc(c1Cl)N(C)C(=O)C[C@H](OC(=O)[C@H](C)N(C)C(=O)CCSSC(C)(C)CC(=O)N/N=C1/CCCc3cc(CC(=O)CCCCCN4C(=O)C=CC4=O)ccc31)[C@]1(C)O[C@H]1[C@H](C)[C@@H]1C[C@@](O)(NC(=O)O1)[C@H](OC)/C=C/C=C(\C)C2. The van der Waals surface area contributed by atoms with E-state index in [0.29, 0.717) is 62.3 Å². The predicted molar refractivity (Wildman–Crippen MR) is 321 cm³/mol. The average Bonchev–Trinajstić information content (AvgIpc) is 1.76. The number of likely N-dealkylation sites (N-methyl/N-ethyl adjacent to an activating group) is 1. The number of rotatable bonds is 21. The molecule has 2 aromatic rings. The number of fused-ring (bicyclic) bond motifs is 6. The lowest BCUT2D eigenvalue weighted by Gasteiger charge is -2.42. The molecule has 6 amide bonds. The molecule has 1 aliphatic carbocycles. The standard InChI is InChI=1S/C61H79ClN6O14S2/c1-36-16-14-20-48(79-10)61(77)34-47(80-58(76)63-61)37(2)56-60(6,82-56)49(33-54(74)67(8)45-31-40(28-36)32-46(78-9)55(45)62)81-57(75)38(3)66(7)51(71)25-27-83-84-59(4,5)35-50(70)65-64-44-19-15-17-41-29-39(21-22-43(41)44)30-42(69)18-12-11-13-26-68-52(72)23-24-53(68)73/h14,16,20-24,29,31-32,37-38,47-49,56,77H,11-13,15,17-19,25-28,30,33-35H2,1-10H3,(H,63,76)(H,65,70)/b20-14+,36-16+,64-44-/t37-,38+,47+,48-,49+,56+,60+,61+/m1/s1. The quantitative estimate of drug-likeness (QED) is 0.0268. The number of benzene rings is 2. The highest BCUT2D eigenvalue weighted by Gasteiger charge is 2.64. The van der Waals surface area contributed by atoms with Crippen molar-refractivity contribution in [2.45, 2.75) is 172 Å². The summed E-state index contributed by atoms with van der Waals surface area (Å²) in [5.74, 6) is -2.20. The molecular weight excluding hydrogens is 1140 g/mol. The smallest absolute Gasteiger partial charge is 0.409 e. The highest BCUT2D eigenvalue weighted by Crippen LogP contribution is 2.49. The largest absolute Gasteiger partial charge is 0.495 e. The minimum Gasteiger partial charge on any atom is -0.495 e. The van der Waals surface area contributed by atoms with Crippen LogP contribution >= 0.6 is 33.2 Å². The fraction of sp³-hybridized carbons (Fsp3) is 0.557. The van der Waals surface area contributed by atoms with Crippen molar-refractivity contribution in [3.63, 3.8) is 0 Å². The number of nitrogens with zero attached hydrogens (tertiary/aromatic N) is 4. The number of allylic oxidation sites excluding steroid dienone is 3. The van der Waals surface area contributed by atoms with Gasteiger partial charge < -0.3 is 38.6 Å². The normalized spacial score (nSPS) is 26.3. The molecule has 20 nitrogen and oxygen atoms in total. The van der Waals surface area contributed by atoms with Crippen molar-refractivity contribution in [3.8, 4) is 5.75 Å². The number of amides is 6. The Morgan fingerprint density at radius 3 is 2.50 bits per heavy atom. The van der Waals surface area contributed by atoms with Gasteiger partial charge in [-0.3, -0.25) is 39.0 Å². The van der Waals surface area contributed by atoms with Gasteiger partial charge in [0.15, 0.2) is 5.72 Å². The maximum absolute atomic E-state index is 14.4. The molecule has 8 atom stereocenters. The maximum atomic E-state index is 14.4. The number of unbranched alkanes of at least 4 members (excludes halogenated alkanes) is 2. The fourth-order valence-electron chi connectivity index (χ4n) is 11.0. The van der Waals surface area contributed by atoms with Crippen LogP contribution < -0.4 is 20.4 Å². The molecule has 0 saturated carbocycles. The molecular formula is C61H79ClN6O14S2. The molecule has 2 fully saturated rings. The molecule has 4 aliphatic heterocycles. The van der Waals surface area contributed by atoms with Crippen molar-refractivity contribution in [1.29, 1.82) is 0 Å². The molecule has 456 valence electrons. The van der Waals surface area contributed by atoms with E-state index in [1.165, 1.54) is 76.6 Å². The Morgan fingerprint density at radius 1 is 1.05 bits per heavy atom. The molecule has 7 rings (SSSR count). The lowest BCUT2D eigenvalue weighted by Crippen LogP contribution is -2.63. The van der Waals surface area contributed by atoms with Crippen molar-refractivity contribution in [2.24, 2.45) is 11.0 Å². The molecule has 0 spiro atoms. The third-order valence-electron chi connectivity index (χ3n) is 16.1. The van der Waals surface area contributed by atoms with E-state index in [9.17, 15) is 43.5 Å². The average molecular weight is 1220 g/mol. The molecule has 2 saturated heterocycles. The molecule has 3 N–H and O–H groups in total. The van der Waals surface area contributed by atoms with Gasteiger partial charge in [-0.15, -0.1) is 0 Å². The number of alkyl carbamates (subject to hydrolysis) is 1. The number of epoxide rings is 1. The third-order valence-corrected chi connectivity index (χ3v) is 19.8. The number of methoxy groups -OCH3 is 2. The zero-order chi connectivity index (χ0) is 61.3. The molecule has 2 aromatic carbocycles. The zero-order valence-corrected chi connectivity index (χ0v) is 52.0. The van der Waals surface area contributed by atoms with Gasteiger partial charge in [0, 0.05) is 94.0 Å². The van der Waals surface area contributed by atoms with Gasteiger partial charge in [-0.2, -0.15) is 5.10 Å². The molecule has 4 bridgehead atoms. The summed E-state index contributed by atoms with van der Waals surface area (Å²) in [5, 5.41) is 19.1. The summed E-state index contributed by atoms with van der Waals surface area (Å²) < 4.78 is 29.0. The minimum atomic E-state index is -1.87. The first-order valence-corrected chi connectivity index (χ1v) is 31.1. The van der Waals surface area contributed by atoms with Gasteiger partial charge >= 0.3 is 12.1 Å². The molecule has 23 heteroatoms. The van der Waals surface area contributed by atoms with Crippen LogP contribution in [0.15, 0.2) is 71.4 Å². The van der Waals surface area contributed by atoms with Gasteiger partial charge in [0.25, 0.3) is 11.8 Å². The van der Waals surface area contributed by atoms with Crippen LogP contribution in [0.3, 0.4) is 0 Å². The van der Waals surface area contributed by atoms with E-state index in [-0.39, 0.29) is 60.1 Å². The first-order valence-electron chi connectivity index (χ1n) is 28.4. The van der Waals surface area contributed by atoms with Gasteiger partial charge in [-0.1, -0.05) is 88.5 Å². The monoisotopic (exact) mass is 1220 g/mol. The van der Waals surface area contributed by atoms with Crippen LogP contribution in [0.25, 0.3) is 0 Å². The number of aliphatic hydroxyl groups is 1. The summed E-state index contributed by atoms with van der Waals surface area (Å²) in [6.45, 7) is 11.2. The number of carbonyl (C=O) groups is 8. The summed E-state index contributed by atoms with van der Waals surface area (Å²) in [7, 11) is 8.85. The second-order valence-corrected chi connectivity index (χ2v) is 26.6. The summed E-state index contributed by atoms with van der Waals surface area (Å²) >= 11 is 6.85. The van der Waals surface area contributed by atoms with Crippen LogP contribution in [0.4, 0.5) is 10.5 Å². The van der Waals surface area contributed by atoms with Crippen molar-refractivity contribution >= 4 is 92.0 Å². The second kappa shape index (κ2) is 28.4. The number of ketones is 1. The van der Waals surface area contributed by atoms with E-state index >= 15 is 0 Å². The maximum Gasteiger partial charge on any atom is 0.409 e. The van der Waals surface area contributed by atoms with Gasteiger partial charge in [0.1, 0.15) is 46.5 Å².